The van der Waals surface area contributed by atoms with Crippen molar-refractivity contribution in [3.8, 4) is 0 Å². The average molecular weight is 140 g/mol. The first-order chi connectivity index (χ1) is 4.69. The molecule has 1 saturated carbocycles. The highest BCUT2D eigenvalue weighted by Crippen LogP contribution is 2.45. The largest absolute Gasteiger partial charge is 0.0654 e. The van der Waals surface area contributed by atoms with Crippen molar-refractivity contribution in [1.29, 1.82) is 0 Å². The Hall–Kier alpha value is 0. The van der Waals surface area contributed by atoms with E-state index in [4.69, 9.17) is 0 Å². The van der Waals surface area contributed by atoms with Crippen LogP contribution in [0.1, 0.15) is 52.9 Å². The van der Waals surface area contributed by atoms with Gasteiger partial charge in [0.25, 0.3) is 0 Å². The second kappa shape index (κ2) is 2.94. The molecule has 1 rings (SSSR count). The molecule has 1 aliphatic carbocycles. The summed E-state index contributed by atoms with van der Waals surface area (Å²) in [5, 5.41) is 0. The van der Waals surface area contributed by atoms with Gasteiger partial charge in [0.05, 0.1) is 0 Å². The number of hydrogen-bond donors (Lipinski definition) is 0. The minimum Gasteiger partial charge on any atom is -0.0654 e. The molecule has 10 heavy (non-hydrogen) atoms. The lowest BCUT2D eigenvalue weighted by atomic mass is 9.77. The molecule has 1 fully saturated rings. The van der Waals surface area contributed by atoms with Crippen molar-refractivity contribution in [2.45, 2.75) is 52.9 Å². The van der Waals surface area contributed by atoms with Crippen LogP contribution in [0.5, 0.6) is 0 Å². The molecule has 0 bridgehead atoms. The van der Waals surface area contributed by atoms with Gasteiger partial charge in [0.15, 0.2) is 0 Å². The van der Waals surface area contributed by atoms with Crippen molar-refractivity contribution in [2.24, 2.45) is 11.3 Å². The van der Waals surface area contributed by atoms with Crippen LogP contribution >= 0.6 is 0 Å². The molecule has 0 radical (unpaired) electrons. The van der Waals surface area contributed by atoms with E-state index in [9.17, 15) is 0 Å². The van der Waals surface area contributed by atoms with Gasteiger partial charge in [-0.05, 0) is 24.2 Å². The van der Waals surface area contributed by atoms with Gasteiger partial charge in [0.1, 0.15) is 0 Å². The van der Waals surface area contributed by atoms with Gasteiger partial charge in [-0.3, -0.25) is 0 Å². The summed E-state index contributed by atoms with van der Waals surface area (Å²) in [7, 11) is 0. The third kappa shape index (κ3) is 1.36. The lowest BCUT2D eigenvalue weighted by Crippen LogP contribution is -2.18. The Morgan fingerprint density at radius 1 is 1.50 bits per heavy atom. The van der Waals surface area contributed by atoms with Gasteiger partial charge in [0, 0.05) is 0 Å². The fourth-order valence-corrected chi connectivity index (χ4v) is 2.35. The van der Waals surface area contributed by atoms with E-state index in [1.165, 1.54) is 32.1 Å². The fourth-order valence-electron chi connectivity index (χ4n) is 2.35. The van der Waals surface area contributed by atoms with Crippen LogP contribution in [0.3, 0.4) is 0 Å². The van der Waals surface area contributed by atoms with Gasteiger partial charge in [0.2, 0.25) is 0 Å². The van der Waals surface area contributed by atoms with E-state index >= 15 is 0 Å². The third-order valence-electron chi connectivity index (χ3n) is 3.40. The van der Waals surface area contributed by atoms with E-state index in [0.717, 1.165) is 5.92 Å². The topological polar surface area (TPSA) is 0 Å². The van der Waals surface area contributed by atoms with E-state index in [0.29, 0.717) is 5.41 Å². The standard InChI is InChI=1S/C10H20/c1-4-7-10(3)8-5-6-9(10)2/h9H,4-8H2,1-3H3. The van der Waals surface area contributed by atoms with Gasteiger partial charge >= 0.3 is 0 Å². The molecule has 0 N–H and O–H groups in total. The summed E-state index contributed by atoms with van der Waals surface area (Å²) < 4.78 is 0. The lowest BCUT2D eigenvalue weighted by molar-refractivity contribution is 0.223. The minimum absolute atomic E-state index is 0.703. The second-order valence-electron chi connectivity index (χ2n) is 4.20. The molecule has 0 aliphatic heterocycles. The third-order valence-corrected chi connectivity index (χ3v) is 3.40. The molecule has 0 aromatic rings. The number of hydrogen-bond acceptors (Lipinski definition) is 0. The monoisotopic (exact) mass is 140 g/mol. The van der Waals surface area contributed by atoms with Gasteiger partial charge in [-0.25, -0.2) is 0 Å². The summed E-state index contributed by atoms with van der Waals surface area (Å²) in [6.45, 7) is 7.19. The molecule has 0 amide bonds. The van der Waals surface area contributed by atoms with E-state index < -0.39 is 0 Å². The fraction of sp³-hybridized carbons (Fsp3) is 1.00. The summed E-state index contributed by atoms with van der Waals surface area (Å²) in [4.78, 5) is 0. The van der Waals surface area contributed by atoms with Crippen molar-refractivity contribution in [3.05, 3.63) is 0 Å². The predicted molar refractivity (Wildman–Crippen MR) is 46.0 cm³/mol. The van der Waals surface area contributed by atoms with Crippen molar-refractivity contribution < 1.29 is 0 Å². The van der Waals surface area contributed by atoms with Gasteiger partial charge in [-0.15, -0.1) is 0 Å². The highest BCUT2D eigenvalue weighted by Gasteiger charge is 2.34. The van der Waals surface area contributed by atoms with Gasteiger partial charge in [-0.1, -0.05) is 40.0 Å². The van der Waals surface area contributed by atoms with E-state index in [1.54, 1.807) is 0 Å². The minimum atomic E-state index is 0.703. The molecule has 2 atom stereocenters. The van der Waals surface area contributed by atoms with Crippen molar-refractivity contribution in [1.82, 2.24) is 0 Å². The molecule has 0 spiro atoms. The molecule has 0 aromatic heterocycles. The van der Waals surface area contributed by atoms with Crippen LogP contribution in [0.15, 0.2) is 0 Å². The summed E-state index contributed by atoms with van der Waals surface area (Å²) in [5.41, 5.74) is 0.703. The molecule has 0 heteroatoms. The van der Waals surface area contributed by atoms with Crippen LogP contribution < -0.4 is 0 Å². The molecule has 0 saturated heterocycles. The van der Waals surface area contributed by atoms with E-state index in [1.807, 2.05) is 0 Å². The first-order valence-corrected chi connectivity index (χ1v) is 4.69. The molecular weight excluding hydrogens is 120 g/mol. The van der Waals surface area contributed by atoms with Crippen molar-refractivity contribution in [3.63, 3.8) is 0 Å². The average Bonchev–Trinajstić information content (AvgIpc) is 2.15. The Labute approximate surface area is 65.0 Å². The normalized spacial score (nSPS) is 40.5. The molecule has 1 aliphatic rings. The van der Waals surface area contributed by atoms with Crippen LogP contribution in [0.2, 0.25) is 0 Å². The quantitative estimate of drug-likeness (QED) is 0.549. The van der Waals surface area contributed by atoms with Crippen LogP contribution in [-0.4, -0.2) is 0 Å². The maximum atomic E-state index is 2.47. The first-order valence-electron chi connectivity index (χ1n) is 4.69. The van der Waals surface area contributed by atoms with Gasteiger partial charge < -0.3 is 0 Å². The molecular formula is C10H20. The SMILES string of the molecule is CCCC1(C)CCCC1C. The Balaban J connectivity index is 2.48. The highest BCUT2D eigenvalue weighted by molar-refractivity contribution is 4.85. The van der Waals surface area contributed by atoms with Crippen molar-refractivity contribution in [2.75, 3.05) is 0 Å². The van der Waals surface area contributed by atoms with Crippen LogP contribution in [0.4, 0.5) is 0 Å². The number of rotatable bonds is 2. The zero-order valence-corrected chi connectivity index (χ0v) is 7.61. The second-order valence-corrected chi connectivity index (χ2v) is 4.20. The Morgan fingerprint density at radius 3 is 2.60 bits per heavy atom. The lowest BCUT2D eigenvalue weighted by Gasteiger charge is -2.28. The highest BCUT2D eigenvalue weighted by atomic mass is 14.4. The Bertz CT molecular complexity index is 107. The Kier molecular flexibility index (Phi) is 2.38. The zero-order chi connectivity index (χ0) is 7.61. The smallest absolute Gasteiger partial charge is 0.0300 e. The molecule has 0 heterocycles. The molecule has 60 valence electrons. The molecule has 0 nitrogen and oxygen atoms in total. The van der Waals surface area contributed by atoms with E-state index in [2.05, 4.69) is 20.8 Å². The van der Waals surface area contributed by atoms with Crippen LogP contribution in [0, 0.1) is 11.3 Å². The summed E-state index contributed by atoms with van der Waals surface area (Å²) in [5.74, 6) is 0.979. The van der Waals surface area contributed by atoms with Gasteiger partial charge in [-0.2, -0.15) is 0 Å². The molecule has 2 unspecified atom stereocenters. The van der Waals surface area contributed by atoms with Crippen LogP contribution in [-0.2, 0) is 0 Å². The Morgan fingerprint density at radius 2 is 2.20 bits per heavy atom. The van der Waals surface area contributed by atoms with E-state index in [-0.39, 0.29) is 0 Å². The summed E-state index contributed by atoms with van der Waals surface area (Å²) in [6, 6.07) is 0. The maximum absolute atomic E-state index is 2.47. The summed E-state index contributed by atoms with van der Waals surface area (Å²) in [6.07, 6.45) is 7.21. The summed E-state index contributed by atoms with van der Waals surface area (Å²) >= 11 is 0. The zero-order valence-electron chi connectivity index (χ0n) is 7.61. The van der Waals surface area contributed by atoms with Crippen molar-refractivity contribution >= 4 is 0 Å². The maximum Gasteiger partial charge on any atom is -0.0300 e. The first kappa shape index (κ1) is 8.10. The predicted octanol–water partition coefficient (Wildman–Crippen LogP) is 3.61. The molecule has 0 aromatic carbocycles. The van der Waals surface area contributed by atoms with Crippen LogP contribution in [0.25, 0.3) is 0 Å².